The lowest BCUT2D eigenvalue weighted by Crippen LogP contribution is -1.97. The predicted octanol–water partition coefficient (Wildman–Crippen LogP) is 4.26. The minimum absolute atomic E-state index is 0.561. The molecule has 0 unspecified atom stereocenters. The van der Waals surface area contributed by atoms with Gasteiger partial charge in [0.25, 0.3) is 0 Å². The van der Waals surface area contributed by atoms with Crippen LogP contribution in [0.25, 0.3) is 28.0 Å². The SMILES string of the molecule is C/C(=N/O)c1ccn2c(-c3cccc(-c4cccnc4)c3)cnc2c1. The van der Waals surface area contributed by atoms with Gasteiger partial charge in [-0.3, -0.25) is 9.38 Å². The average molecular weight is 328 g/mol. The fourth-order valence-corrected chi connectivity index (χ4v) is 2.87. The molecule has 3 aromatic heterocycles. The molecule has 0 aliphatic heterocycles. The highest BCUT2D eigenvalue weighted by molar-refractivity contribution is 5.99. The lowest BCUT2D eigenvalue weighted by atomic mass is 10.0. The number of hydrogen-bond acceptors (Lipinski definition) is 4. The molecule has 1 aromatic carbocycles. The first kappa shape index (κ1) is 15.1. The van der Waals surface area contributed by atoms with Crippen molar-refractivity contribution in [2.45, 2.75) is 6.92 Å². The van der Waals surface area contributed by atoms with Gasteiger partial charge in [-0.1, -0.05) is 29.4 Å². The van der Waals surface area contributed by atoms with Crippen molar-refractivity contribution in [3.05, 3.63) is 78.9 Å². The van der Waals surface area contributed by atoms with Crippen molar-refractivity contribution in [3.8, 4) is 22.4 Å². The topological polar surface area (TPSA) is 62.8 Å². The highest BCUT2D eigenvalue weighted by atomic mass is 16.4. The first-order valence-corrected chi connectivity index (χ1v) is 7.93. The maximum Gasteiger partial charge on any atom is 0.137 e. The van der Waals surface area contributed by atoms with Crippen molar-refractivity contribution >= 4 is 11.4 Å². The largest absolute Gasteiger partial charge is 0.411 e. The Labute approximate surface area is 144 Å². The number of fused-ring (bicyclic) bond motifs is 1. The number of imidazole rings is 1. The molecule has 4 rings (SSSR count). The fourth-order valence-electron chi connectivity index (χ4n) is 2.87. The van der Waals surface area contributed by atoms with Crippen LogP contribution < -0.4 is 0 Å². The van der Waals surface area contributed by atoms with Crippen LogP contribution in [0.3, 0.4) is 0 Å². The third-order valence-corrected chi connectivity index (χ3v) is 4.23. The van der Waals surface area contributed by atoms with Gasteiger partial charge in [0.05, 0.1) is 17.6 Å². The summed E-state index contributed by atoms with van der Waals surface area (Å²) in [6, 6.07) is 16.1. The summed E-state index contributed by atoms with van der Waals surface area (Å²) in [4.78, 5) is 8.68. The monoisotopic (exact) mass is 328 g/mol. The van der Waals surface area contributed by atoms with Crippen LogP contribution in [-0.4, -0.2) is 25.3 Å². The van der Waals surface area contributed by atoms with Gasteiger partial charge in [-0.2, -0.15) is 0 Å². The van der Waals surface area contributed by atoms with Gasteiger partial charge >= 0.3 is 0 Å². The number of aromatic nitrogens is 3. The zero-order valence-corrected chi connectivity index (χ0v) is 13.7. The number of pyridine rings is 2. The number of benzene rings is 1. The molecule has 0 amide bonds. The van der Waals surface area contributed by atoms with Crippen LogP contribution in [0.1, 0.15) is 12.5 Å². The molecule has 0 aliphatic carbocycles. The van der Waals surface area contributed by atoms with E-state index in [2.05, 4.69) is 33.3 Å². The Hall–Kier alpha value is -3.47. The summed E-state index contributed by atoms with van der Waals surface area (Å²) < 4.78 is 2.02. The number of hydrogen-bond donors (Lipinski definition) is 1. The van der Waals surface area contributed by atoms with Crippen molar-refractivity contribution in [2.24, 2.45) is 5.16 Å². The van der Waals surface area contributed by atoms with Crippen molar-refractivity contribution in [1.82, 2.24) is 14.4 Å². The normalized spacial score (nSPS) is 11.8. The Morgan fingerprint density at radius 3 is 2.64 bits per heavy atom. The number of nitrogens with zero attached hydrogens (tertiary/aromatic N) is 4. The van der Waals surface area contributed by atoms with E-state index in [9.17, 15) is 0 Å². The molecular weight excluding hydrogens is 312 g/mol. The number of rotatable bonds is 3. The highest BCUT2D eigenvalue weighted by Crippen LogP contribution is 2.26. The molecule has 5 nitrogen and oxygen atoms in total. The molecule has 0 atom stereocenters. The molecule has 122 valence electrons. The van der Waals surface area contributed by atoms with Crippen LogP contribution in [0.5, 0.6) is 0 Å². The maximum absolute atomic E-state index is 8.94. The molecule has 0 aliphatic rings. The van der Waals surface area contributed by atoms with Crippen LogP contribution in [0.4, 0.5) is 0 Å². The van der Waals surface area contributed by atoms with Crippen molar-refractivity contribution in [2.75, 3.05) is 0 Å². The molecule has 3 heterocycles. The van der Waals surface area contributed by atoms with E-state index >= 15 is 0 Å². The van der Waals surface area contributed by atoms with Crippen LogP contribution in [0.15, 0.2) is 78.5 Å². The van der Waals surface area contributed by atoms with Gasteiger partial charge in [0.1, 0.15) is 5.65 Å². The standard InChI is InChI=1S/C20H16N4O/c1-14(23-25)15-7-9-24-19(13-22-20(24)11-15)17-5-2-4-16(10-17)18-6-3-8-21-12-18/h2-13,25H,1H3/b23-14-. The fraction of sp³-hybridized carbons (Fsp3) is 0.0500. The third-order valence-electron chi connectivity index (χ3n) is 4.23. The molecule has 0 bridgehead atoms. The van der Waals surface area contributed by atoms with Gasteiger partial charge in [0, 0.05) is 35.3 Å². The Morgan fingerprint density at radius 1 is 1.00 bits per heavy atom. The van der Waals surface area contributed by atoms with E-state index in [0.29, 0.717) is 5.71 Å². The molecule has 4 aromatic rings. The van der Waals surface area contributed by atoms with Crippen molar-refractivity contribution in [1.29, 1.82) is 0 Å². The Kier molecular flexibility index (Phi) is 3.74. The second-order valence-corrected chi connectivity index (χ2v) is 5.79. The van der Waals surface area contributed by atoms with Gasteiger partial charge in [-0.25, -0.2) is 4.98 Å². The van der Waals surface area contributed by atoms with E-state index in [1.165, 1.54) is 0 Å². The second kappa shape index (κ2) is 6.20. The summed E-state index contributed by atoms with van der Waals surface area (Å²) in [5.74, 6) is 0. The van der Waals surface area contributed by atoms with Crippen molar-refractivity contribution < 1.29 is 5.21 Å². The number of oxime groups is 1. The minimum Gasteiger partial charge on any atom is -0.411 e. The molecule has 25 heavy (non-hydrogen) atoms. The molecule has 5 heteroatoms. The first-order valence-electron chi connectivity index (χ1n) is 7.93. The Balaban J connectivity index is 1.80. The quantitative estimate of drug-likeness (QED) is 0.347. The lowest BCUT2D eigenvalue weighted by molar-refractivity contribution is 0.319. The van der Waals surface area contributed by atoms with E-state index in [1.54, 1.807) is 13.1 Å². The maximum atomic E-state index is 8.94. The van der Waals surface area contributed by atoms with Gasteiger partial charge in [-0.15, -0.1) is 0 Å². The Bertz CT molecular complexity index is 1070. The zero-order valence-electron chi connectivity index (χ0n) is 13.7. The van der Waals surface area contributed by atoms with Crippen LogP contribution in [-0.2, 0) is 0 Å². The van der Waals surface area contributed by atoms with Gasteiger partial charge < -0.3 is 5.21 Å². The summed E-state index contributed by atoms with van der Waals surface area (Å²) >= 11 is 0. The van der Waals surface area contributed by atoms with Crippen LogP contribution >= 0.6 is 0 Å². The van der Waals surface area contributed by atoms with Crippen LogP contribution in [0.2, 0.25) is 0 Å². The first-order chi connectivity index (χ1) is 12.3. The lowest BCUT2D eigenvalue weighted by Gasteiger charge is -2.06. The molecular formula is C20H16N4O. The molecule has 0 spiro atoms. The second-order valence-electron chi connectivity index (χ2n) is 5.79. The van der Waals surface area contributed by atoms with Gasteiger partial charge in [-0.05, 0) is 36.8 Å². The summed E-state index contributed by atoms with van der Waals surface area (Å²) in [5, 5.41) is 12.2. The average Bonchev–Trinajstić information content (AvgIpc) is 3.11. The van der Waals surface area contributed by atoms with E-state index in [1.807, 2.05) is 53.3 Å². The van der Waals surface area contributed by atoms with Gasteiger partial charge in [0.15, 0.2) is 0 Å². The molecule has 1 N–H and O–H groups in total. The van der Waals surface area contributed by atoms with Crippen molar-refractivity contribution in [3.63, 3.8) is 0 Å². The van der Waals surface area contributed by atoms with E-state index in [-0.39, 0.29) is 0 Å². The smallest absolute Gasteiger partial charge is 0.137 e. The highest BCUT2D eigenvalue weighted by Gasteiger charge is 2.09. The minimum atomic E-state index is 0.561. The summed E-state index contributed by atoms with van der Waals surface area (Å²) in [6.45, 7) is 1.76. The van der Waals surface area contributed by atoms with Crippen LogP contribution in [0, 0.1) is 0 Å². The van der Waals surface area contributed by atoms with E-state index in [0.717, 1.165) is 33.6 Å². The summed E-state index contributed by atoms with van der Waals surface area (Å²) in [5.41, 5.74) is 6.49. The zero-order chi connectivity index (χ0) is 17.2. The Morgan fingerprint density at radius 2 is 1.84 bits per heavy atom. The van der Waals surface area contributed by atoms with Gasteiger partial charge in [0.2, 0.25) is 0 Å². The molecule has 0 fully saturated rings. The predicted molar refractivity (Wildman–Crippen MR) is 97.9 cm³/mol. The summed E-state index contributed by atoms with van der Waals surface area (Å²) in [6.07, 6.45) is 7.43. The molecule has 0 radical (unpaired) electrons. The molecule has 0 saturated heterocycles. The van der Waals surface area contributed by atoms with E-state index < -0.39 is 0 Å². The van der Waals surface area contributed by atoms with E-state index in [4.69, 9.17) is 5.21 Å². The molecule has 0 saturated carbocycles. The third kappa shape index (κ3) is 2.76. The summed E-state index contributed by atoms with van der Waals surface area (Å²) in [7, 11) is 0.